The maximum absolute atomic E-state index is 13.3. The van der Waals surface area contributed by atoms with Crippen LogP contribution in [0.25, 0.3) is 0 Å². The van der Waals surface area contributed by atoms with Crippen molar-refractivity contribution in [3.63, 3.8) is 0 Å². The van der Waals surface area contributed by atoms with Crippen LogP contribution in [0, 0.1) is 5.82 Å². The van der Waals surface area contributed by atoms with Gasteiger partial charge in [0.25, 0.3) is 0 Å². The van der Waals surface area contributed by atoms with Crippen LogP contribution in [0.4, 0.5) is 10.1 Å². The van der Waals surface area contributed by atoms with E-state index in [4.69, 9.17) is 5.73 Å². The Kier molecular flexibility index (Phi) is 4.96. The summed E-state index contributed by atoms with van der Waals surface area (Å²) >= 11 is 5.13. The van der Waals surface area contributed by atoms with Gasteiger partial charge in [0.05, 0.1) is 3.79 Å². The van der Waals surface area contributed by atoms with E-state index in [1.54, 1.807) is 17.4 Å². The van der Waals surface area contributed by atoms with Gasteiger partial charge in [-0.25, -0.2) is 4.39 Å². The standard InChI is InChI=1S/C14H16BrFN2S/c1-18(8-10-6-14(15)19-9-10)13-3-2-12(16)7-11(13)4-5-17/h2-3,6-7,9H,4-5,8,17H2,1H3. The number of hydrogen-bond donors (Lipinski definition) is 1. The molecule has 0 atom stereocenters. The van der Waals surface area contributed by atoms with Crippen molar-refractivity contribution in [2.45, 2.75) is 13.0 Å². The first kappa shape index (κ1) is 14.5. The number of thiophene rings is 1. The van der Waals surface area contributed by atoms with Crippen molar-refractivity contribution in [1.82, 2.24) is 0 Å². The second kappa shape index (κ2) is 6.50. The minimum Gasteiger partial charge on any atom is -0.370 e. The Morgan fingerprint density at radius 2 is 2.16 bits per heavy atom. The van der Waals surface area contributed by atoms with Crippen molar-refractivity contribution in [3.8, 4) is 0 Å². The fourth-order valence-electron chi connectivity index (χ4n) is 2.07. The van der Waals surface area contributed by atoms with Crippen LogP contribution in [0.2, 0.25) is 0 Å². The normalized spacial score (nSPS) is 10.7. The van der Waals surface area contributed by atoms with Gasteiger partial charge in [-0.3, -0.25) is 0 Å². The van der Waals surface area contributed by atoms with Crippen molar-refractivity contribution in [3.05, 3.63) is 50.4 Å². The maximum atomic E-state index is 13.3. The van der Waals surface area contributed by atoms with Gasteiger partial charge in [0.15, 0.2) is 0 Å². The fraction of sp³-hybridized carbons (Fsp3) is 0.286. The lowest BCUT2D eigenvalue weighted by atomic mass is 10.1. The van der Waals surface area contributed by atoms with Gasteiger partial charge in [-0.1, -0.05) is 0 Å². The van der Waals surface area contributed by atoms with Gasteiger partial charge < -0.3 is 10.6 Å². The summed E-state index contributed by atoms with van der Waals surface area (Å²) < 4.78 is 14.4. The number of rotatable bonds is 5. The second-order valence-electron chi connectivity index (χ2n) is 4.43. The average Bonchev–Trinajstić information content (AvgIpc) is 2.75. The first-order valence-electron chi connectivity index (χ1n) is 6.02. The Balaban J connectivity index is 2.20. The van der Waals surface area contributed by atoms with Crippen LogP contribution in [0.15, 0.2) is 33.4 Å². The molecule has 0 saturated heterocycles. The molecule has 102 valence electrons. The third kappa shape index (κ3) is 3.78. The molecule has 2 aromatic rings. The van der Waals surface area contributed by atoms with E-state index in [1.807, 2.05) is 13.1 Å². The number of anilines is 1. The van der Waals surface area contributed by atoms with E-state index in [1.165, 1.54) is 11.6 Å². The molecule has 0 aliphatic heterocycles. The van der Waals surface area contributed by atoms with Gasteiger partial charge in [0.1, 0.15) is 5.82 Å². The molecule has 0 spiro atoms. The summed E-state index contributed by atoms with van der Waals surface area (Å²) in [6.07, 6.45) is 0.685. The van der Waals surface area contributed by atoms with Crippen molar-refractivity contribution in [2.75, 3.05) is 18.5 Å². The van der Waals surface area contributed by atoms with Gasteiger partial charge >= 0.3 is 0 Å². The van der Waals surface area contributed by atoms with Gasteiger partial charge in [0, 0.05) is 19.3 Å². The van der Waals surface area contributed by atoms with E-state index in [-0.39, 0.29) is 5.82 Å². The molecule has 5 heteroatoms. The topological polar surface area (TPSA) is 29.3 Å². The molecule has 1 aromatic heterocycles. The Morgan fingerprint density at radius 3 is 2.79 bits per heavy atom. The smallest absolute Gasteiger partial charge is 0.123 e. The minimum absolute atomic E-state index is 0.209. The average molecular weight is 343 g/mol. The zero-order chi connectivity index (χ0) is 13.8. The molecule has 2 nitrogen and oxygen atoms in total. The molecule has 2 rings (SSSR count). The molecule has 0 unspecified atom stereocenters. The van der Waals surface area contributed by atoms with Crippen LogP contribution in [0.1, 0.15) is 11.1 Å². The van der Waals surface area contributed by atoms with E-state index in [9.17, 15) is 4.39 Å². The summed E-state index contributed by atoms with van der Waals surface area (Å²) in [5, 5.41) is 2.12. The van der Waals surface area contributed by atoms with Crippen LogP contribution >= 0.6 is 27.3 Å². The predicted molar refractivity (Wildman–Crippen MR) is 83.3 cm³/mol. The lowest BCUT2D eigenvalue weighted by Gasteiger charge is -2.22. The monoisotopic (exact) mass is 342 g/mol. The molecule has 0 radical (unpaired) electrons. The summed E-state index contributed by atoms with van der Waals surface area (Å²) in [6, 6.07) is 6.99. The molecule has 2 N–H and O–H groups in total. The van der Waals surface area contributed by atoms with Crippen molar-refractivity contribution in [1.29, 1.82) is 0 Å². The number of nitrogens with two attached hydrogens (primary N) is 1. The predicted octanol–water partition coefficient (Wildman–Crippen LogP) is 3.79. The van der Waals surface area contributed by atoms with Crippen LogP contribution in [0.5, 0.6) is 0 Å². The van der Waals surface area contributed by atoms with E-state index < -0.39 is 0 Å². The largest absolute Gasteiger partial charge is 0.370 e. The maximum Gasteiger partial charge on any atom is 0.123 e. The molecule has 0 bridgehead atoms. The molecular formula is C14H16BrFN2S. The number of benzene rings is 1. The van der Waals surface area contributed by atoms with Crippen LogP contribution < -0.4 is 10.6 Å². The van der Waals surface area contributed by atoms with Gasteiger partial charge in [-0.05, 0) is 69.7 Å². The highest BCUT2D eigenvalue weighted by Crippen LogP contribution is 2.26. The highest BCUT2D eigenvalue weighted by atomic mass is 79.9. The molecule has 0 saturated carbocycles. The van der Waals surface area contributed by atoms with Gasteiger partial charge in [0.2, 0.25) is 0 Å². The number of nitrogens with zero attached hydrogens (tertiary/aromatic N) is 1. The Bertz CT molecular complexity index is 556. The molecular weight excluding hydrogens is 327 g/mol. The summed E-state index contributed by atoms with van der Waals surface area (Å²) in [5.41, 5.74) is 8.82. The second-order valence-corrected chi connectivity index (χ2v) is 6.72. The Labute approximate surface area is 125 Å². The van der Waals surface area contributed by atoms with E-state index in [0.29, 0.717) is 13.0 Å². The SMILES string of the molecule is CN(Cc1csc(Br)c1)c1ccc(F)cc1CCN. The quantitative estimate of drug-likeness (QED) is 0.895. The summed E-state index contributed by atoms with van der Waals surface area (Å²) in [6.45, 7) is 1.32. The lowest BCUT2D eigenvalue weighted by Crippen LogP contribution is -2.18. The molecule has 1 heterocycles. The van der Waals surface area contributed by atoms with Gasteiger partial charge in [-0.2, -0.15) is 0 Å². The zero-order valence-corrected chi connectivity index (χ0v) is 13.1. The third-order valence-corrected chi connectivity index (χ3v) is 4.46. The van der Waals surface area contributed by atoms with Crippen LogP contribution in [-0.2, 0) is 13.0 Å². The highest BCUT2D eigenvalue weighted by Gasteiger charge is 2.09. The van der Waals surface area contributed by atoms with E-state index >= 15 is 0 Å². The molecule has 0 aliphatic rings. The summed E-state index contributed by atoms with van der Waals surface area (Å²) in [7, 11) is 2.01. The van der Waals surface area contributed by atoms with Crippen molar-refractivity contribution < 1.29 is 4.39 Å². The fourth-order valence-corrected chi connectivity index (χ4v) is 3.27. The van der Waals surface area contributed by atoms with Crippen LogP contribution in [0.3, 0.4) is 0 Å². The zero-order valence-electron chi connectivity index (χ0n) is 10.7. The highest BCUT2D eigenvalue weighted by molar-refractivity contribution is 9.11. The summed E-state index contributed by atoms with van der Waals surface area (Å²) in [4.78, 5) is 2.12. The lowest BCUT2D eigenvalue weighted by molar-refractivity contribution is 0.625. The Hall–Kier alpha value is -0.910. The van der Waals surface area contributed by atoms with Gasteiger partial charge in [-0.15, -0.1) is 11.3 Å². The molecule has 19 heavy (non-hydrogen) atoms. The first-order chi connectivity index (χ1) is 9.10. The minimum atomic E-state index is -0.209. The van der Waals surface area contributed by atoms with E-state index in [0.717, 1.165) is 21.6 Å². The van der Waals surface area contributed by atoms with Crippen molar-refractivity contribution in [2.24, 2.45) is 5.73 Å². The summed E-state index contributed by atoms with van der Waals surface area (Å²) in [5.74, 6) is -0.209. The molecule has 0 amide bonds. The first-order valence-corrected chi connectivity index (χ1v) is 7.70. The molecule has 0 fully saturated rings. The Morgan fingerprint density at radius 1 is 1.37 bits per heavy atom. The van der Waals surface area contributed by atoms with E-state index in [2.05, 4.69) is 32.3 Å². The molecule has 1 aromatic carbocycles. The van der Waals surface area contributed by atoms with Crippen LogP contribution in [-0.4, -0.2) is 13.6 Å². The third-order valence-electron chi connectivity index (χ3n) is 2.91. The molecule has 0 aliphatic carbocycles. The van der Waals surface area contributed by atoms with Crippen molar-refractivity contribution >= 4 is 33.0 Å². The number of halogens is 2. The number of hydrogen-bond acceptors (Lipinski definition) is 3.